The number of carbonyl (C=O) groups is 3. The third kappa shape index (κ3) is 10.3. The molecule has 4 N–H and O–H groups in total. The van der Waals surface area contributed by atoms with Gasteiger partial charge in [-0.3, -0.25) is 19.4 Å². The van der Waals surface area contributed by atoms with Crippen LogP contribution >= 0.6 is 11.3 Å². The molecule has 0 spiro atoms. The summed E-state index contributed by atoms with van der Waals surface area (Å²) in [6.45, 7) is 14.5. The molecule has 5 aliphatic heterocycles. The van der Waals surface area contributed by atoms with Crippen LogP contribution in [0.25, 0.3) is 21.6 Å². The highest BCUT2D eigenvalue weighted by atomic mass is 32.1. The van der Waals surface area contributed by atoms with Crippen molar-refractivity contribution in [1.29, 1.82) is 0 Å². The number of likely N-dealkylation sites (tertiary alicyclic amines) is 2. The van der Waals surface area contributed by atoms with Gasteiger partial charge >= 0.3 is 6.09 Å². The monoisotopic (exact) mass is 959 g/mol. The molecular weight excluding hydrogens is 899 g/mol. The molecule has 10 rings (SSSR count). The van der Waals surface area contributed by atoms with Crippen molar-refractivity contribution >= 4 is 51.2 Å². The second kappa shape index (κ2) is 20.1. The first-order valence-electron chi connectivity index (χ1n) is 24.3. The minimum Gasteiger partial charge on any atom is -0.508 e. The number of carbonyl (C=O) groups excluding carboxylic acids is 3. The molecule has 3 aromatic heterocycles. The number of hydrogen-bond donors (Lipinski definition) is 3. The number of nitrogens with zero attached hydrogens (tertiary/aromatic N) is 10. The van der Waals surface area contributed by atoms with Crippen LogP contribution in [0.2, 0.25) is 0 Å². The van der Waals surface area contributed by atoms with Crippen LogP contribution in [0, 0.1) is 5.92 Å². The SMILES string of the molecule is CC(C)c1cc(C(=O)N2Cc3ccc(CN4CCN(C(=O)OC5CCN(C(=O)C6CCN(Cc7cc8nc(-c9cnc(N)nc9)nc(N9CCOCC9)c8s7)CC6)CC5)CC4)cc3C2)c(O)cc1O. The highest BCUT2D eigenvalue weighted by Crippen LogP contribution is 2.37. The summed E-state index contributed by atoms with van der Waals surface area (Å²) in [4.78, 5) is 72.5. The van der Waals surface area contributed by atoms with Crippen LogP contribution in [0.4, 0.5) is 16.6 Å². The number of piperidine rings is 2. The molecule has 3 amide bonds. The van der Waals surface area contributed by atoms with E-state index in [1.807, 2.05) is 18.7 Å². The molecule has 5 aliphatic rings. The van der Waals surface area contributed by atoms with E-state index in [-0.39, 0.29) is 58.9 Å². The Morgan fingerprint density at radius 1 is 0.783 bits per heavy atom. The first-order valence-corrected chi connectivity index (χ1v) is 25.1. The van der Waals surface area contributed by atoms with Gasteiger partial charge in [-0.2, -0.15) is 0 Å². The topological polar surface area (TPSA) is 207 Å². The second-order valence-electron chi connectivity index (χ2n) is 19.3. The van der Waals surface area contributed by atoms with Gasteiger partial charge in [0.05, 0.1) is 34.6 Å². The van der Waals surface area contributed by atoms with Crippen LogP contribution in [0.15, 0.2) is 48.8 Å². The largest absolute Gasteiger partial charge is 0.508 e. The molecule has 69 heavy (non-hydrogen) atoms. The van der Waals surface area contributed by atoms with Crippen molar-refractivity contribution in [3.63, 3.8) is 0 Å². The van der Waals surface area contributed by atoms with Gasteiger partial charge in [0.1, 0.15) is 17.6 Å². The number of phenols is 2. The number of nitrogens with two attached hydrogens (primary N) is 1. The zero-order chi connectivity index (χ0) is 47.8. The van der Waals surface area contributed by atoms with Crippen molar-refractivity contribution in [3.8, 4) is 22.9 Å². The maximum atomic E-state index is 13.7. The Hall–Kier alpha value is -6.15. The lowest BCUT2D eigenvalue weighted by atomic mass is 9.94. The Morgan fingerprint density at radius 3 is 2.22 bits per heavy atom. The number of anilines is 2. The summed E-state index contributed by atoms with van der Waals surface area (Å²) in [5.74, 6) is 1.38. The molecule has 364 valence electrons. The van der Waals surface area contributed by atoms with Crippen LogP contribution in [0.3, 0.4) is 0 Å². The number of aromatic hydroxyl groups is 2. The number of fused-ring (bicyclic) bond motifs is 2. The van der Waals surface area contributed by atoms with Crippen molar-refractivity contribution in [3.05, 3.63) is 81.5 Å². The number of hydrogen-bond acceptors (Lipinski definition) is 16. The Bertz CT molecular complexity index is 2690. The molecule has 19 heteroatoms. The van der Waals surface area contributed by atoms with E-state index in [9.17, 15) is 24.6 Å². The fraction of sp³-hybridized carbons (Fsp3) is 0.500. The van der Waals surface area contributed by atoms with Gasteiger partial charge in [0.25, 0.3) is 5.91 Å². The molecule has 0 unspecified atom stereocenters. The summed E-state index contributed by atoms with van der Waals surface area (Å²) in [6, 6.07) is 11.4. The highest BCUT2D eigenvalue weighted by Gasteiger charge is 2.34. The van der Waals surface area contributed by atoms with Crippen LogP contribution < -0.4 is 10.6 Å². The molecule has 0 atom stereocenters. The molecule has 0 saturated carbocycles. The summed E-state index contributed by atoms with van der Waals surface area (Å²) < 4.78 is 12.7. The lowest BCUT2D eigenvalue weighted by Crippen LogP contribution is -2.50. The molecule has 2 aromatic carbocycles. The normalized spacial score (nSPS) is 18.9. The Balaban J connectivity index is 0.653. The highest BCUT2D eigenvalue weighted by molar-refractivity contribution is 7.19. The molecule has 4 fully saturated rings. The van der Waals surface area contributed by atoms with E-state index in [1.54, 1.807) is 39.6 Å². The van der Waals surface area contributed by atoms with E-state index in [1.165, 1.54) is 10.9 Å². The average Bonchev–Trinajstić information content (AvgIpc) is 3.98. The van der Waals surface area contributed by atoms with Gasteiger partial charge in [-0.1, -0.05) is 32.0 Å². The number of nitrogen functional groups attached to an aromatic ring is 1. The molecule has 0 aliphatic carbocycles. The maximum absolute atomic E-state index is 13.7. The number of thiophene rings is 1. The number of ether oxygens (including phenoxy) is 2. The lowest BCUT2D eigenvalue weighted by molar-refractivity contribution is -0.139. The van der Waals surface area contributed by atoms with Crippen molar-refractivity contribution in [2.75, 3.05) is 89.3 Å². The fourth-order valence-electron chi connectivity index (χ4n) is 10.3. The summed E-state index contributed by atoms with van der Waals surface area (Å²) >= 11 is 1.73. The molecule has 0 radical (unpaired) electrons. The number of benzene rings is 2. The van der Waals surface area contributed by atoms with E-state index in [0.29, 0.717) is 82.3 Å². The number of piperazine rings is 1. The van der Waals surface area contributed by atoms with Crippen molar-refractivity contribution in [2.24, 2.45) is 5.92 Å². The summed E-state index contributed by atoms with van der Waals surface area (Å²) in [7, 11) is 0. The molecule has 8 heterocycles. The molecule has 4 saturated heterocycles. The maximum Gasteiger partial charge on any atom is 0.410 e. The Labute approximate surface area is 405 Å². The number of phenolic OH excluding ortho intramolecular Hbond substituents is 2. The van der Waals surface area contributed by atoms with Gasteiger partial charge in [-0.25, -0.2) is 24.7 Å². The molecular formula is C50H61N11O7S. The van der Waals surface area contributed by atoms with E-state index in [0.717, 1.165) is 97.9 Å². The van der Waals surface area contributed by atoms with E-state index in [4.69, 9.17) is 25.2 Å². The van der Waals surface area contributed by atoms with Gasteiger partial charge in [0, 0.05) is 121 Å². The molecule has 5 aromatic rings. The van der Waals surface area contributed by atoms with Gasteiger partial charge in [0.15, 0.2) is 11.6 Å². The van der Waals surface area contributed by atoms with E-state index >= 15 is 0 Å². The third-order valence-corrected chi connectivity index (χ3v) is 15.4. The number of morpholine rings is 1. The fourth-order valence-corrected chi connectivity index (χ4v) is 11.4. The molecule has 0 bridgehead atoms. The number of aromatic nitrogens is 4. The average molecular weight is 960 g/mol. The van der Waals surface area contributed by atoms with Gasteiger partial charge in [-0.15, -0.1) is 11.3 Å². The minimum atomic E-state index is -0.283. The number of amides is 3. The lowest BCUT2D eigenvalue weighted by Gasteiger charge is -2.38. The van der Waals surface area contributed by atoms with Crippen molar-refractivity contribution in [1.82, 2.24) is 44.4 Å². The predicted octanol–water partition coefficient (Wildman–Crippen LogP) is 5.42. The van der Waals surface area contributed by atoms with E-state index in [2.05, 4.69) is 48.9 Å². The standard InChI is InChI=1S/C50H61N11O7S/c1-31(2)39-23-40(43(63)24-42(39)62)48(65)61-28-34-4-3-32(21-35(34)29-61)27-57-13-15-60(16-14-57)50(66)68-37-7-11-59(12-8-37)47(64)33-5-9-56(10-6-33)30-38-22-41-44(69-38)46(58-17-19-67-20-18-58)55-45(54-41)36-25-52-49(51)53-26-36/h3-4,21-26,31,33,37,62-63H,5-20,27-30H2,1-2H3,(H2,51,52,53). The first kappa shape index (κ1) is 46.6. The van der Waals surface area contributed by atoms with Gasteiger partial charge in [0.2, 0.25) is 11.9 Å². The Kier molecular flexibility index (Phi) is 13.5. The van der Waals surface area contributed by atoms with Gasteiger partial charge < -0.3 is 45.0 Å². The molecule has 18 nitrogen and oxygen atoms in total. The summed E-state index contributed by atoms with van der Waals surface area (Å²) in [5, 5.41) is 20.8. The zero-order valence-electron chi connectivity index (χ0n) is 39.4. The van der Waals surface area contributed by atoms with Crippen molar-refractivity contribution in [2.45, 2.75) is 77.7 Å². The Morgan fingerprint density at radius 2 is 1.49 bits per heavy atom. The first-order chi connectivity index (χ1) is 33.4. The van der Waals surface area contributed by atoms with Crippen LogP contribution in [-0.4, -0.2) is 157 Å². The number of rotatable bonds is 10. The van der Waals surface area contributed by atoms with Crippen LogP contribution in [0.5, 0.6) is 11.5 Å². The third-order valence-electron chi connectivity index (χ3n) is 14.3. The quantitative estimate of drug-likeness (QED) is 0.160. The van der Waals surface area contributed by atoms with Gasteiger partial charge in [-0.05, 0) is 66.2 Å². The van der Waals surface area contributed by atoms with Crippen LogP contribution in [-0.2, 0) is 40.4 Å². The van der Waals surface area contributed by atoms with Crippen LogP contribution in [0.1, 0.15) is 82.9 Å². The van der Waals surface area contributed by atoms with E-state index < -0.39 is 0 Å². The smallest absolute Gasteiger partial charge is 0.410 e. The zero-order valence-corrected chi connectivity index (χ0v) is 40.2. The summed E-state index contributed by atoms with van der Waals surface area (Å²) in [5.41, 5.74) is 11.5. The minimum absolute atomic E-state index is 0.00145. The summed E-state index contributed by atoms with van der Waals surface area (Å²) in [6.07, 6.45) is 5.72. The predicted molar refractivity (Wildman–Crippen MR) is 261 cm³/mol. The second-order valence-corrected chi connectivity index (χ2v) is 20.4. The van der Waals surface area contributed by atoms with Crippen molar-refractivity contribution < 1.29 is 34.1 Å².